The normalized spacial score (nSPS) is 12.9. The van der Waals surface area contributed by atoms with Gasteiger partial charge in [0.2, 0.25) is 0 Å². The van der Waals surface area contributed by atoms with Gasteiger partial charge in [0.05, 0.1) is 17.2 Å². The first kappa shape index (κ1) is 27.6. The summed E-state index contributed by atoms with van der Waals surface area (Å²) in [5, 5.41) is 2.95. The Morgan fingerprint density at radius 1 is 0.972 bits per heavy atom. The maximum atomic E-state index is 13.2. The van der Waals surface area contributed by atoms with E-state index in [0.29, 0.717) is 17.5 Å². The lowest BCUT2D eigenvalue weighted by molar-refractivity contribution is -0.137. The van der Waals surface area contributed by atoms with Crippen LogP contribution in [0.3, 0.4) is 0 Å². The number of carbonyl (C=O) groups is 2. The van der Waals surface area contributed by atoms with E-state index in [1.807, 2.05) is 13.8 Å². The number of nitrogens with one attached hydrogen (secondary N) is 1. The number of hydrogen-bond donors (Lipinski definition) is 1. The molecule has 0 bridgehead atoms. The van der Waals surface area contributed by atoms with Gasteiger partial charge in [0.15, 0.2) is 15.6 Å². The van der Waals surface area contributed by atoms with Crippen molar-refractivity contribution in [2.24, 2.45) is 0 Å². The molecule has 0 fully saturated rings. The largest absolute Gasteiger partial charge is 0.416 e. The van der Waals surface area contributed by atoms with E-state index < -0.39 is 39.2 Å². The monoisotopic (exact) mass is 537 g/mol. The standard InChI is InChI=1S/C26H26F3NO4S2/c1-15(19-7-9-20(10-8-19)23(31)14-36(4,33)34)30-25(32)24-17(3)35-16(2)22(24)13-18-5-11-21(12-6-18)26(27,28)29/h5-12,15H,13-14H2,1-4H3,(H,30,32)/t15-/m0/s1. The van der Waals surface area contributed by atoms with E-state index in [0.717, 1.165) is 39.3 Å². The molecular formula is C26H26F3NO4S2. The number of ketones is 1. The first-order valence-corrected chi connectivity index (χ1v) is 13.9. The van der Waals surface area contributed by atoms with Crippen LogP contribution in [0.1, 0.15) is 65.7 Å². The van der Waals surface area contributed by atoms with E-state index >= 15 is 0 Å². The Morgan fingerprint density at radius 3 is 2.08 bits per heavy atom. The molecule has 0 aliphatic rings. The van der Waals surface area contributed by atoms with E-state index in [1.54, 1.807) is 19.1 Å². The van der Waals surface area contributed by atoms with E-state index in [4.69, 9.17) is 0 Å². The Labute approximate surface area is 212 Å². The second-order valence-corrected chi connectivity index (χ2v) is 12.3. The molecule has 0 radical (unpaired) electrons. The number of halogens is 3. The highest BCUT2D eigenvalue weighted by Crippen LogP contribution is 2.32. The third-order valence-corrected chi connectivity index (χ3v) is 7.60. The van der Waals surface area contributed by atoms with Crippen molar-refractivity contribution in [1.29, 1.82) is 0 Å². The van der Waals surface area contributed by atoms with Crippen molar-refractivity contribution in [3.8, 4) is 0 Å². The van der Waals surface area contributed by atoms with Gasteiger partial charge >= 0.3 is 6.18 Å². The quantitative estimate of drug-likeness (QED) is 0.374. The predicted octanol–water partition coefficient (Wildman–Crippen LogP) is 5.69. The highest BCUT2D eigenvalue weighted by atomic mass is 32.2. The molecule has 1 N–H and O–H groups in total. The number of carbonyl (C=O) groups excluding carboxylic acids is 2. The molecule has 0 spiro atoms. The molecule has 0 saturated heterocycles. The van der Waals surface area contributed by atoms with Gasteiger partial charge in [-0.3, -0.25) is 9.59 Å². The fraction of sp³-hybridized carbons (Fsp3) is 0.308. The van der Waals surface area contributed by atoms with Gasteiger partial charge in [0, 0.05) is 21.6 Å². The third kappa shape index (κ3) is 6.82. The number of rotatable bonds is 8. The molecule has 1 atom stereocenters. The van der Waals surface area contributed by atoms with Crippen molar-refractivity contribution in [2.75, 3.05) is 12.0 Å². The molecule has 1 heterocycles. The second-order valence-electron chi connectivity index (χ2n) is 8.75. The summed E-state index contributed by atoms with van der Waals surface area (Å²) in [4.78, 5) is 27.0. The number of hydrogen-bond acceptors (Lipinski definition) is 5. The van der Waals surface area contributed by atoms with Crippen molar-refractivity contribution >= 4 is 32.9 Å². The van der Waals surface area contributed by atoms with Gasteiger partial charge in [-0.2, -0.15) is 13.2 Å². The van der Waals surface area contributed by atoms with Crippen LogP contribution in [0.4, 0.5) is 13.2 Å². The van der Waals surface area contributed by atoms with E-state index in [1.165, 1.54) is 35.6 Å². The van der Waals surface area contributed by atoms with Gasteiger partial charge in [-0.1, -0.05) is 36.4 Å². The smallest absolute Gasteiger partial charge is 0.345 e. The minimum Gasteiger partial charge on any atom is -0.345 e. The average molecular weight is 538 g/mol. The zero-order chi connectivity index (χ0) is 26.8. The summed E-state index contributed by atoms with van der Waals surface area (Å²) < 4.78 is 61.4. The molecule has 36 heavy (non-hydrogen) atoms. The Balaban J connectivity index is 1.76. The summed E-state index contributed by atoms with van der Waals surface area (Å²) in [6.07, 6.45) is -3.09. The molecule has 2 aromatic carbocycles. The topological polar surface area (TPSA) is 80.3 Å². The van der Waals surface area contributed by atoms with Crippen molar-refractivity contribution in [3.63, 3.8) is 0 Å². The molecule has 5 nitrogen and oxygen atoms in total. The zero-order valence-corrected chi connectivity index (χ0v) is 21.8. The lowest BCUT2D eigenvalue weighted by atomic mass is 9.98. The Bertz CT molecular complexity index is 1370. The van der Waals surface area contributed by atoms with Crippen LogP contribution in [-0.4, -0.2) is 32.1 Å². The van der Waals surface area contributed by atoms with Crippen LogP contribution in [0.15, 0.2) is 48.5 Å². The number of amides is 1. The minimum atomic E-state index is -4.41. The van der Waals surface area contributed by atoms with Crippen molar-refractivity contribution in [1.82, 2.24) is 5.32 Å². The maximum absolute atomic E-state index is 13.2. The fourth-order valence-corrected chi connectivity index (χ4v) is 5.61. The minimum absolute atomic E-state index is 0.269. The summed E-state index contributed by atoms with van der Waals surface area (Å²) in [5.74, 6) is -1.38. The number of aryl methyl sites for hydroxylation is 2. The number of benzene rings is 2. The summed E-state index contributed by atoms with van der Waals surface area (Å²) in [5.41, 5.74) is 2.22. The zero-order valence-electron chi connectivity index (χ0n) is 20.2. The lowest BCUT2D eigenvalue weighted by Crippen LogP contribution is -2.27. The molecule has 0 saturated carbocycles. The predicted molar refractivity (Wildman–Crippen MR) is 134 cm³/mol. The molecule has 3 rings (SSSR count). The molecule has 192 valence electrons. The van der Waals surface area contributed by atoms with Crippen molar-refractivity contribution < 1.29 is 31.2 Å². The van der Waals surface area contributed by atoms with Gasteiger partial charge in [0.25, 0.3) is 5.91 Å². The Kier molecular flexibility index (Phi) is 8.10. The van der Waals surface area contributed by atoms with E-state index in [9.17, 15) is 31.2 Å². The SMILES string of the molecule is Cc1sc(C)c(C(=O)N[C@@H](C)c2ccc(C(=O)CS(C)(=O)=O)cc2)c1Cc1ccc(C(F)(F)F)cc1. The summed E-state index contributed by atoms with van der Waals surface area (Å²) in [6, 6.07) is 10.9. The van der Waals surface area contributed by atoms with Crippen molar-refractivity contribution in [2.45, 2.75) is 39.4 Å². The van der Waals surface area contributed by atoms with Gasteiger partial charge in [-0.05, 0) is 56.0 Å². The Morgan fingerprint density at radius 2 is 1.56 bits per heavy atom. The molecule has 10 heteroatoms. The van der Waals surface area contributed by atoms with Gasteiger partial charge < -0.3 is 5.32 Å². The third-order valence-electron chi connectivity index (χ3n) is 5.75. The first-order valence-electron chi connectivity index (χ1n) is 11.0. The summed E-state index contributed by atoms with van der Waals surface area (Å²) in [6.45, 7) is 5.49. The van der Waals surface area contributed by atoms with Crippen LogP contribution in [0.5, 0.6) is 0 Å². The Hall–Kier alpha value is -2.98. The molecule has 0 unspecified atom stereocenters. The average Bonchev–Trinajstić information content (AvgIpc) is 3.05. The summed E-state index contributed by atoms with van der Waals surface area (Å²) >= 11 is 1.46. The van der Waals surface area contributed by atoms with Gasteiger partial charge in [0.1, 0.15) is 5.75 Å². The van der Waals surface area contributed by atoms with Crippen molar-refractivity contribution in [3.05, 3.63) is 91.7 Å². The van der Waals surface area contributed by atoms with Gasteiger partial charge in [-0.25, -0.2) is 8.42 Å². The van der Waals surface area contributed by atoms with E-state index in [-0.39, 0.29) is 11.5 Å². The molecule has 3 aromatic rings. The second kappa shape index (κ2) is 10.6. The number of Topliss-reactive ketones (excluding diaryl/α,β-unsaturated/α-hetero) is 1. The highest BCUT2D eigenvalue weighted by molar-refractivity contribution is 7.91. The molecule has 0 aliphatic heterocycles. The van der Waals surface area contributed by atoms with Crippen LogP contribution in [0, 0.1) is 13.8 Å². The molecule has 0 aliphatic carbocycles. The maximum Gasteiger partial charge on any atom is 0.416 e. The highest BCUT2D eigenvalue weighted by Gasteiger charge is 2.30. The van der Waals surface area contributed by atoms with Crippen LogP contribution >= 0.6 is 11.3 Å². The lowest BCUT2D eigenvalue weighted by Gasteiger charge is -2.16. The van der Waals surface area contributed by atoms with Crippen LogP contribution in [-0.2, 0) is 22.4 Å². The molecular weight excluding hydrogens is 511 g/mol. The summed E-state index contributed by atoms with van der Waals surface area (Å²) in [7, 11) is -3.44. The molecule has 1 aromatic heterocycles. The van der Waals surface area contributed by atoms with Crippen LogP contribution in [0.25, 0.3) is 0 Å². The van der Waals surface area contributed by atoms with Crippen LogP contribution < -0.4 is 5.32 Å². The first-order chi connectivity index (χ1) is 16.7. The van der Waals surface area contributed by atoms with Gasteiger partial charge in [-0.15, -0.1) is 11.3 Å². The number of sulfone groups is 1. The van der Waals surface area contributed by atoms with Crippen LogP contribution in [0.2, 0.25) is 0 Å². The fourth-order valence-electron chi connectivity index (χ4n) is 3.89. The molecule has 1 amide bonds. The van der Waals surface area contributed by atoms with E-state index in [2.05, 4.69) is 5.32 Å². The number of alkyl halides is 3. The number of thiophene rings is 1.